The van der Waals surface area contributed by atoms with Gasteiger partial charge >= 0.3 is 0 Å². The molecule has 3 N–H and O–H groups in total. The van der Waals surface area contributed by atoms with Crippen LogP contribution in [0.3, 0.4) is 0 Å². The van der Waals surface area contributed by atoms with Crippen LogP contribution >= 0.6 is 0 Å². The predicted octanol–water partition coefficient (Wildman–Crippen LogP) is 3.32. The number of amides is 1. The number of aliphatic imine (C=N–C) groups is 1. The minimum Gasteiger partial charge on any atom is -0.378 e. The average molecular weight is 441 g/mol. The molecule has 0 bridgehead atoms. The molecule has 3 rings (SSSR count). The molecule has 1 amide bonds. The quantitative estimate of drug-likeness (QED) is 0.283. The third-order valence-electron chi connectivity index (χ3n) is 5.36. The van der Waals surface area contributed by atoms with Crippen molar-refractivity contribution in [2.24, 2.45) is 4.99 Å². The fourth-order valence-corrected chi connectivity index (χ4v) is 3.76. The Morgan fingerprint density at radius 3 is 2.88 bits per heavy atom. The van der Waals surface area contributed by atoms with Crippen molar-refractivity contribution < 1.29 is 9.53 Å². The molecule has 174 valence electrons. The van der Waals surface area contributed by atoms with Crippen molar-refractivity contribution in [1.29, 1.82) is 0 Å². The van der Waals surface area contributed by atoms with E-state index in [-0.39, 0.29) is 12.5 Å². The van der Waals surface area contributed by atoms with E-state index in [4.69, 9.17) is 4.74 Å². The lowest BCUT2D eigenvalue weighted by atomic mass is 9.98. The lowest BCUT2D eigenvalue weighted by Gasteiger charge is -2.22. The first-order chi connectivity index (χ1) is 15.7. The number of aromatic nitrogens is 2. The molecular formula is C24H36N6O2. The van der Waals surface area contributed by atoms with Crippen LogP contribution in [0.1, 0.15) is 51.0 Å². The van der Waals surface area contributed by atoms with Gasteiger partial charge in [0.05, 0.1) is 12.6 Å². The van der Waals surface area contributed by atoms with Gasteiger partial charge in [-0.3, -0.25) is 9.48 Å². The zero-order valence-electron chi connectivity index (χ0n) is 19.1. The minimum atomic E-state index is -0.111. The number of guanidine groups is 1. The molecule has 1 aliphatic rings. The van der Waals surface area contributed by atoms with E-state index in [1.807, 2.05) is 24.3 Å². The number of rotatable bonds is 11. The van der Waals surface area contributed by atoms with Crippen LogP contribution in [0.25, 0.3) is 0 Å². The molecule has 1 aromatic carbocycles. The second-order valence-corrected chi connectivity index (χ2v) is 8.06. The van der Waals surface area contributed by atoms with Gasteiger partial charge in [0, 0.05) is 37.8 Å². The molecule has 8 heteroatoms. The molecule has 8 nitrogen and oxygen atoms in total. The van der Waals surface area contributed by atoms with Crippen LogP contribution in [0.5, 0.6) is 0 Å². The predicted molar refractivity (Wildman–Crippen MR) is 128 cm³/mol. The molecule has 1 saturated carbocycles. The topological polar surface area (TPSA) is 92.6 Å². The Bertz CT molecular complexity index is 831. The van der Waals surface area contributed by atoms with Gasteiger partial charge in [0.2, 0.25) is 5.91 Å². The maximum Gasteiger partial charge on any atom is 0.246 e. The molecular weight excluding hydrogens is 404 g/mol. The lowest BCUT2D eigenvalue weighted by Crippen LogP contribution is -2.38. The highest BCUT2D eigenvalue weighted by atomic mass is 16.5. The Balaban J connectivity index is 1.42. The van der Waals surface area contributed by atoms with Crippen LogP contribution in [-0.2, 0) is 22.6 Å². The second kappa shape index (κ2) is 13.5. The van der Waals surface area contributed by atoms with Crippen LogP contribution < -0.4 is 16.0 Å². The van der Waals surface area contributed by atoms with Gasteiger partial charge in [0.25, 0.3) is 0 Å². The van der Waals surface area contributed by atoms with Crippen molar-refractivity contribution in [1.82, 2.24) is 20.4 Å². The summed E-state index contributed by atoms with van der Waals surface area (Å²) in [6.07, 6.45) is 11.2. The number of nitrogens with one attached hydrogen (secondary N) is 3. The van der Waals surface area contributed by atoms with E-state index in [2.05, 4.69) is 33.0 Å². The van der Waals surface area contributed by atoms with Gasteiger partial charge in [-0.15, -0.1) is 0 Å². The summed E-state index contributed by atoms with van der Waals surface area (Å²) in [6, 6.07) is 9.56. The molecule has 0 aliphatic heterocycles. The summed E-state index contributed by atoms with van der Waals surface area (Å²) in [5, 5.41) is 13.6. The third-order valence-corrected chi connectivity index (χ3v) is 5.36. The molecule has 1 heterocycles. The summed E-state index contributed by atoms with van der Waals surface area (Å²) in [6.45, 7) is 5.18. The Kier molecular flexibility index (Phi) is 10.1. The molecule has 0 atom stereocenters. The van der Waals surface area contributed by atoms with Gasteiger partial charge in [0.1, 0.15) is 6.54 Å². The summed E-state index contributed by atoms with van der Waals surface area (Å²) in [7, 11) is 0. The van der Waals surface area contributed by atoms with Crippen molar-refractivity contribution in [2.45, 2.75) is 64.6 Å². The van der Waals surface area contributed by atoms with Gasteiger partial charge in [-0.2, -0.15) is 5.10 Å². The highest BCUT2D eigenvalue weighted by Gasteiger charge is 2.13. The van der Waals surface area contributed by atoms with E-state index in [1.54, 1.807) is 23.1 Å². The van der Waals surface area contributed by atoms with E-state index in [9.17, 15) is 4.79 Å². The first-order valence-corrected chi connectivity index (χ1v) is 11.7. The number of carbonyl (C=O) groups is 1. The molecule has 1 fully saturated rings. The first kappa shape index (κ1) is 23.8. The number of benzene rings is 1. The molecule has 1 aromatic heterocycles. The molecule has 32 heavy (non-hydrogen) atoms. The highest BCUT2D eigenvalue weighted by Crippen LogP contribution is 2.20. The summed E-state index contributed by atoms with van der Waals surface area (Å²) >= 11 is 0. The van der Waals surface area contributed by atoms with Gasteiger partial charge in [-0.1, -0.05) is 31.4 Å². The number of nitrogens with zero attached hydrogens (tertiary/aromatic N) is 3. The van der Waals surface area contributed by atoms with E-state index < -0.39 is 0 Å². The zero-order valence-corrected chi connectivity index (χ0v) is 19.1. The molecule has 0 spiro atoms. The van der Waals surface area contributed by atoms with E-state index in [1.165, 1.54) is 32.1 Å². The zero-order chi connectivity index (χ0) is 22.4. The number of hydrogen-bond acceptors (Lipinski definition) is 4. The monoisotopic (exact) mass is 440 g/mol. The van der Waals surface area contributed by atoms with E-state index >= 15 is 0 Å². The lowest BCUT2D eigenvalue weighted by molar-refractivity contribution is -0.116. The van der Waals surface area contributed by atoms with E-state index in [0.717, 1.165) is 43.3 Å². The largest absolute Gasteiger partial charge is 0.378 e. The van der Waals surface area contributed by atoms with Crippen LogP contribution in [0.4, 0.5) is 5.69 Å². The summed E-state index contributed by atoms with van der Waals surface area (Å²) in [5.41, 5.74) is 1.78. The summed E-state index contributed by atoms with van der Waals surface area (Å²) in [4.78, 5) is 16.9. The average Bonchev–Trinajstić information content (AvgIpc) is 3.31. The van der Waals surface area contributed by atoms with E-state index in [0.29, 0.717) is 12.6 Å². The molecule has 0 radical (unpaired) electrons. The van der Waals surface area contributed by atoms with Gasteiger partial charge < -0.3 is 20.7 Å². The van der Waals surface area contributed by atoms with Crippen molar-refractivity contribution in [3.05, 3.63) is 48.3 Å². The maximum absolute atomic E-state index is 12.2. The van der Waals surface area contributed by atoms with Crippen LogP contribution in [0, 0.1) is 0 Å². The minimum absolute atomic E-state index is 0.111. The van der Waals surface area contributed by atoms with Crippen molar-refractivity contribution in [2.75, 3.05) is 25.0 Å². The van der Waals surface area contributed by atoms with Crippen LogP contribution in [0.15, 0.2) is 47.7 Å². The number of anilines is 1. The van der Waals surface area contributed by atoms with Crippen LogP contribution in [0.2, 0.25) is 0 Å². The number of ether oxygens (including phenoxy) is 1. The first-order valence-electron chi connectivity index (χ1n) is 11.7. The number of carbonyl (C=O) groups excluding carboxylic acids is 1. The van der Waals surface area contributed by atoms with Gasteiger partial charge in [-0.05, 0) is 49.9 Å². The van der Waals surface area contributed by atoms with Crippen molar-refractivity contribution in [3.63, 3.8) is 0 Å². The van der Waals surface area contributed by atoms with Gasteiger partial charge in [-0.25, -0.2) is 4.99 Å². The fraction of sp³-hybridized carbons (Fsp3) is 0.542. The normalized spacial score (nSPS) is 14.8. The number of hydrogen-bond donors (Lipinski definition) is 3. The Labute approximate surface area is 190 Å². The Morgan fingerprint density at radius 2 is 2.09 bits per heavy atom. The Morgan fingerprint density at radius 1 is 1.22 bits per heavy atom. The molecule has 0 unspecified atom stereocenters. The fourth-order valence-electron chi connectivity index (χ4n) is 3.76. The SMILES string of the molecule is CCNC(=NCc1cccc(NC(=O)Cn2cccn2)c1)NCCCOC1CCCCC1. The molecule has 1 aliphatic carbocycles. The second-order valence-electron chi connectivity index (χ2n) is 8.06. The van der Waals surface area contributed by atoms with Crippen LogP contribution in [-0.4, -0.2) is 47.4 Å². The smallest absolute Gasteiger partial charge is 0.246 e. The Hall–Kier alpha value is -2.87. The van der Waals surface area contributed by atoms with Gasteiger partial charge in [0.15, 0.2) is 5.96 Å². The third kappa shape index (κ3) is 8.70. The highest BCUT2D eigenvalue weighted by molar-refractivity contribution is 5.90. The standard InChI is InChI=1S/C24H36N6O2/c1-2-25-24(26-13-8-16-32-22-11-4-3-5-12-22)27-18-20-9-6-10-21(17-20)29-23(31)19-30-15-7-14-28-30/h6-7,9-10,14-15,17,22H,2-5,8,11-13,16,18-19H2,1H3,(H,29,31)(H2,25,26,27). The summed E-state index contributed by atoms with van der Waals surface area (Å²) < 4.78 is 7.59. The summed E-state index contributed by atoms with van der Waals surface area (Å²) in [5.74, 6) is 0.679. The maximum atomic E-state index is 12.2. The van der Waals surface area contributed by atoms with Crippen molar-refractivity contribution >= 4 is 17.6 Å². The molecule has 2 aromatic rings. The molecule has 0 saturated heterocycles. The van der Waals surface area contributed by atoms with Crippen molar-refractivity contribution in [3.8, 4) is 0 Å².